The average molecular weight is 140 g/mol. The summed E-state index contributed by atoms with van der Waals surface area (Å²) in [5.74, 6) is 0.643. The highest BCUT2D eigenvalue weighted by Gasteiger charge is 1.83. The predicted octanol–water partition coefficient (Wildman–Crippen LogP) is 1.04. The molecule has 0 bridgehead atoms. The Morgan fingerprint density at radius 1 is 1.86 bits per heavy atom. The van der Waals surface area contributed by atoms with E-state index in [4.69, 9.17) is 0 Å². The molecule has 2 nitrogen and oxygen atoms in total. The SMILES string of the molecule is C[PH](=O)OCCS. The molecular formula is C3H9O2PS. The van der Waals surface area contributed by atoms with Crippen LogP contribution in [0, 0.1) is 0 Å². The van der Waals surface area contributed by atoms with Gasteiger partial charge >= 0.3 is 0 Å². The highest BCUT2D eigenvalue weighted by Crippen LogP contribution is 2.13. The van der Waals surface area contributed by atoms with Crippen LogP contribution >= 0.6 is 20.7 Å². The molecule has 4 heteroatoms. The molecule has 0 amide bonds. The van der Waals surface area contributed by atoms with Crippen molar-refractivity contribution in [3.05, 3.63) is 0 Å². The Morgan fingerprint density at radius 2 is 2.43 bits per heavy atom. The molecule has 0 aliphatic carbocycles. The van der Waals surface area contributed by atoms with Crippen molar-refractivity contribution in [2.75, 3.05) is 19.0 Å². The first-order valence-electron chi connectivity index (χ1n) is 2.01. The van der Waals surface area contributed by atoms with Crippen molar-refractivity contribution in [3.63, 3.8) is 0 Å². The van der Waals surface area contributed by atoms with Crippen molar-refractivity contribution < 1.29 is 9.09 Å². The van der Waals surface area contributed by atoms with E-state index in [0.717, 1.165) is 0 Å². The summed E-state index contributed by atoms with van der Waals surface area (Å²) in [4.78, 5) is 0. The lowest BCUT2D eigenvalue weighted by molar-refractivity contribution is 0.358. The summed E-state index contributed by atoms with van der Waals surface area (Å²) in [6, 6.07) is 0. The van der Waals surface area contributed by atoms with Crippen LogP contribution < -0.4 is 0 Å². The Morgan fingerprint density at radius 3 is 2.57 bits per heavy atom. The molecule has 0 spiro atoms. The minimum Gasteiger partial charge on any atom is -0.330 e. The number of hydrogen-bond donors (Lipinski definition) is 1. The van der Waals surface area contributed by atoms with Gasteiger partial charge in [0.1, 0.15) is 0 Å². The van der Waals surface area contributed by atoms with Crippen molar-refractivity contribution in [3.8, 4) is 0 Å². The van der Waals surface area contributed by atoms with Gasteiger partial charge in [0, 0.05) is 12.4 Å². The molecule has 0 aromatic rings. The van der Waals surface area contributed by atoms with Gasteiger partial charge < -0.3 is 4.52 Å². The lowest BCUT2D eigenvalue weighted by atomic mass is 10.9. The second-order valence-electron chi connectivity index (χ2n) is 1.06. The average Bonchev–Trinajstić information content (AvgIpc) is 1.61. The summed E-state index contributed by atoms with van der Waals surface area (Å²) in [6.07, 6.45) is 0. The molecule has 0 aliphatic heterocycles. The minimum absolute atomic E-state index is 0.497. The van der Waals surface area contributed by atoms with Crippen LogP contribution in [-0.2, 0) is 9.09 Å². The van der Waals surface area contributed by atoms with E-state index in [1.54, 1.807) is 6.66 Å². The molecule has 0 heterocycles. The third-order valence-electron chi connectivity index (χ3n) is 0.397. The molecule has 0 saturated heterocycles. The second kappa shape index (κ2) is 4.69. The van der Waals surface area contributed by atoms with Gasteiger partial charge in [-0.15, -0.1) is 0 Å². The van der Waals surface area contributed by atoms with Crippen molar-refractivity contribution in [1.82, 2.24) is 0 Å². The fraction of sp³-hybridized carbons (Fsp3) is 1.00. The van der Waals surface area contributed by atoms with Crippen LogP contribution in [0.2, 0.25) is 0 Å². The van der Waals surface area contributed by atoms with E-state index in [9.17, 15) is 4.57 Å². The third-order valence-corrected chi connectivity index (χ3v) is 1.19. The van der Waals surface area contributed by atoms with Gasteiger partial charge in [-0.25, -0.2) is 0 Å². The zero-order chi connectivity index (χ0) is 5.70. The molecule has 0 saturated carbocycles. The van der Waals surface area contributed by atoms with E-state index in [1.165, 1.54) is 0 Å². The Bertz CT molecular complexity index is 66.0. The van der Waals surface area contributed by atoms with Gasteiger partial charge in [-0.1, -0.05) is 0 Å². The fourth-order valence-corrected chi connectivity index (χ4v) is 0.842. The second-order valence-corrected chi connectivity index (χ2v) is 2.78. The maximum atomic E-state index is 10.1. The first-order chi connectivity index (χ1) is 3.27. The van der Waals surface area contributed by atoms with E-state index in [2.05, 4.69) is 17.2 Å². The molecule has 1 atom stereocenters. The Balaban J connectivity index is 2.82. The highest BCUT2D eigenvalue weighted by molar-refractivity contribution is 7.80. The molecule has 0 N–H and O–H groups in total. The fourth-order valence-electron chi connectivity index (χ4n) is 0.189. The van der Waals surface area contributed by atoms with Gasteiger partial charge in [0.2, 0.25) is 0 Å². The minimum atomic E-state index is -1.70. The lowest BCUT2D eigenvalue weighted by Gasteiger charge is -1.92. The van der Waals surface area contributed by atoms with Crippen LogP contribution in [0.15, 0.2) is 0 Å². The first-order valence-corrected chi connectivity index (χ1v) is 4.46. The van der Waals surface area contributed by atoms with Crippen molar-refractivity contribution in [1.29, 1.82) is 0 Å². The molecule has 0 aliphatic rings. The van der Waals surface area contributed by atoms with Gasteiger partial charge in [-0.2, -0.15) is 12.6 Å². The van der Waals surface area contributed by atoms with E-state index in [0.29, 0.717) is 12.4 Å². The summed E-state index contributed by atoms with van der Waals surface area (Å²) in [7, 11) is -1.70. The van der Waals surface area contributed by atoms with E-state index in [1.807, 2.05) is 0 Å². The molecule has 0 aromatic heterocycles. The van der Waals surface area contributed by atoms with Gasteiger partial charge in [0.25, 0.3) is 0 Å². The summed E-state index contributed by atoms with van der Waals surface area (Å²) in [5, 5.41) is 0. The summed E-state index contributed by atoms with van der Waals surface area (Å²) >= 11 is 3.85. The Hall–Kier alpha value is 0.540. The maximum Gasteiger partial charge on any atom is 0.188 e. The van der Waals surface area contributed by atoms with Gasteiger partial charge in [0.05, 0.1) is 6.61 Å². The molecule has 0 radical (unpaired) electrons. The monoisotopic (exact) mass is 140 g/mol. The summed E-state index contributed by atoms with van der Waals surface area (Å²) < 4.78 is 14.8. The summed E-state index contributed by atoms with van der Waals surface area (Å²) in [6.45, 7) is 2.06. The molecule has 0 fully saturated rings. The number of thiol groups is 1. The topological polar surface area (TPSA) is 26.3 Å². The van der Waals surface area contributed by atoms with Crippen molar-refractivity contribution >= 4 is 20.7 Å². The number of hydrogen-bond acceptors (Lipinski definition) is 3. The van der Waals surface area contributed by atoms with Gasteiger partial charge in [-0.05, 0) is 0 Å². The zero-order valence-corrected chi connectivity index (χ0v) is 6.07. The van der Waals surface area contributed by atoms with Crippen LogP contribution in [0.5, 0.6) is 0 Å². The van der Waals surface area contributed by atoms with E-state index < -0.39 is 8.03 Å². The molecule has 0 rings (SSSR count). The summed E-state index contributed by atoms with van der Waals surface area (Å²) in [5.41, 5.74) is 0. The van der Waals surface area contributed by atoms with Crippen LogP contribution in [0.4, 0.5) is 0 Å². The predicted molar refractivity (Wildman–Crippen MR) is 34.7 cm³/mol. The lowest BCUT2D eigenvalue weighted by Crippen LogP contribution is -1.84. The van der Waals surface area contributed by atoms with E-state index >= 15 is 0 Å². The Kier molecular flexibility index (Phi) is 5.05. The molecule has 1 unspecified atom stereocenters. The van der Waals surface area contributed by atoms with Crippen LogP contribution in [0.25, 0.3) is 0 Å². The van der Waals surface area contributed by atoms with Crippen LogP contribution in [-0.4, -0.2) is 19.0 Å². The normalized spacial score (nSPS) is 14.0. The van der Waals surface area contributed by atoms with Crippen LogP contribution in [0.1, 0.15) is 0 Å². The zero-order valence-electron chi connectivity index (χ0n) is 4.18. The van der Waals surface area contributed by atoms with Gasteiger partial charge in [-0.3, -0.25) is 4.57 Å². The molecular weight excluding hydrogens is 131 g/mol. The van der Waals surface area contributed by atoms with Crippen LogP contribution in [0.3, 0.4) is 0 Å². The molecule has 44 valence electrons. The van der Waals surface area contributed by atoms with Crippen molar-refractivity contribution in [2.45, 2.75) is 0 Å². The Labute approximate surface area is 49.5 Å². The molecule has 7 heavy (non-hydrogen) atoms. The van der Waals surface area contributed by atoms with Gasteiger partial charge in [0.15, 0.2) is 8.03 Å². The quantitative estimate of drug-likeness (QED) is 0.468. The van der Waals surface area contributed by atoms with E-state index in [-0.39, 0.29) is 0 Å². The number of rotatable bonds is 3. The first kappa shape index (κ1) is 7.54. The van der Waals surface area contributed by atoms with Crippen molar-refractivity contribution in [2.24, 2.45) is 0 Å². The smallest absolute Gasteiger partial charge is 0.188 e. The highest BCUT2D eigenvalue weighted by atomic mass is 32.1. The maximum absolute atomic E-state index is 10.1. The third kappa shape index (κ3) is 6.54. The largest absolute Gasteiger partial charge is 0.330 e. The standard InChI is InChI=1S/C3H9O2PS/c1-6(4)5-2-3-7/h6-7H,2-3H2,1H3. The molecule has 0 aromatic carbocycles.